The summed E-state index contributed by atoms with van der Waals surface area (Å²) in [5, 5.41) is 4.19. The Morgan fingerprint density at radius 3 is 3.00 bits per heavy atom. The Bertz CT molecular complexity index is 197. The number of methoxy groups -OCH3 is 1. The molecular weight excluding hydrogens is 146 g/mol. The molecule has 1 rings (SSSR count). The summed E-state index contributed by atoms with van der Waals surface area (Å²) in [5.74, 6) is 0. The van der Waals surface area contributed by atoms with E-state index in [2.05, 4.69) is 17.3 Å². The van der Waals surface area contributed by atoms with Crippen LogP contribution in [-0.4, -0.2) is 12.1 Å². The maximum Gasteiger partial charge on any atom is 0.0933 e. The number of thiazole rings is 1. The highest BCUT2D eigenvalue weighted by Crippen LogP contribution is 2.09. The fourth-order valence-electron chi connectivity index (χ4n) is 0.664. The first-order chi connectivity index (χ1) is 4.86. The van der Waals surface area contributed by atoms with Crippen molar-refractivity contribution in [2.24, 2.45) is 0 Å². The smallest absolute Gasteiger partial charge is 0.0933 e. The Balaban J connectivity index is 2.59. The lowest BCUT2D eigenvalue weighted by molar-refractivity contribution is 0.181. The van der Waals surface area contributed by atoms with E-state index in [-0.39, 0.29) is 0 Å². The minimum absolute atomic E-state index is 0.580. The monoisotopic (exact) mass is 156 g/mol. The van der Waals surface area contributed by atoms with Crippen LogP contribution in [0.3, 0.4) is 0 Å². The van der Waals surface area contributed by atoms with Gasteiger partial charge in [-0.2, -0.15) is 0 Å². The van der Waals surface area contributed by atoms with Gasteiger partial charge in [-0.05, 0) is 6.42 Å². The summed E-state index contributed by atoms with van der Waals surface area (Å²) in [6.07, 6.45) is 0.991. The third kappa shape index (κ3) is 1.78. The third-order valence-corrected chi connectivity index (χ3v) is 2.08. The van der Waals surface area contributed by atoms with Crippen molar-refractivity contribution in [1.29, 1.82) is 0 Å². The fourth-order valence-corrected chi connectivity index (χ4v) is 1.30. The van der Waals surface area contributed by atoms with E-state index >= 15 is 0 Å². The van der Waals surface area contributed by atoms with Crippen molar-refractivity contribution in [2.75, 3.05) is 7.11 Å². The quantitative estimate of drug-likeness (QED) is 0.664. The molecule has 0 aliphatic heterocycles. The molecule has 1 heterocycles. The minimum atomic E-state index is 0.580. The van der Waals surface area contributed by atoms with Crippen LogP contribution in [0.15, 0.2) is 0 Å². The molecule has 0 fully saturated rings. The molecule has 0 aliphatic rings. The Morgan fingerprint density at radius 2 is 2.50 bits per heavy atom. The van der Waals surface area contributed by atoms with Gasteiger partial charge in [-0.25, -0.2) is 4.98 Å². The molecule has 0 spiro atoms. The molecule has 1 aromatic heterocycles. The van der Waals surface area contributed by atoms with Crippen LogP contribution in [0, 0.1) is 5.38 Å². The summed E-state index contributed by atoms with van der Waals surface area (Å²) in [6.45, 7) is 2.67. The predicted octanol–water partition coefficient (Wildman–Crippen LogP) is 1.65. The van der Waals surface area contributed by atoms with Gasteiger partial charge in [0.2, 0.25) is 0 Å². The number of rotatable bonds is 3. The van der Waals surface area contributed by atoms with Crippen molar-refractivity contribution in [1.82, 2.24) is 4.98 Å². The number of aromatic nitrogens is 1. The SMILES string of the molecule is CCc1nc(COC)[c]s1. The van der Waals surface area contributed by atoms with Gasteiger partial charge in [-0.15, -0.1) is 11.3 Å². The molecular formula is C7H10NOS. The summed E-state index contributed by atoms with van der Waals surface area (Å²) in [6, 6.07) is 0. The van der Waals surface area contributed by atoms with Gasteiger partial charge in [0.15, 0.2) is 0 Å². The zero-order chi connectivity index (χ0) is 7.40. The number of nitrogens with zero attached hydrogens (tertiary/aromatic N) is 1. The lowest BCUT2D eigenvalue weighted by Gasteiger charge is -1.89. The second kappa shape index (κ2) is 3.68. The van der Waals surface area contributed by atoms with Crippen molar-refractivity contribution < 1.29 is 4.74 Å². The van der Waals surface area contributed by atoms with Crippen LogP contribution in [0.5, 0.6) is 0 Å². The standard InChI is InChI=1S/C7H10NOS/c1-3-7-8-6(4-9-2)5-10-7/h3-4H2,1-2H3. The topological polar surface area (TPSA) is 22.1 Å². The van der Waals surface area contributed by atoms with E-state index < -0.39 is 0 Å². The van der Waals surface area contributed by atoms with E-state index in [0.717, 1.165) is 17.1 Å². The van der Waals surface area contributed by atoms with Crippen molar-refractivity contribution >= 4 is 11.3 Å². The number of ether oxygens (including phenoxy) is 1. The van der Waals surface area contributed by atoms with Gasteiger partial charge in [-0.3, -0.25) is 0 Å². The molecule has 0 saturated carbocycles. The lowest BCUT2D eigenvalue weighted by atomic mass is 10.5. The number of hydrogen-bond acceptors (Lipinski definition) is 3. The molecule has 0 atom stereocenters. The largest absolute Gasteiger partial charge is 0.378 e. The van der Waals surface area contributed by atoms with Crippen LogP contribution in [0.2, 0.25) is 0 Å². The van der Waals surface area contributed by atoms with E-state index in [9.17, 15) is 0 Å². The maximum absolute atomic E-state index is 4.90. The van der Waals surface area contributed by atoms with Crippen LogP contribution in [0.1, 0.15) is 17.6 Å². The second-order valence-electron chi connectivity index (χ2n) is 1.94. The van der Waals surface area contributed by atoms with E-state index in [1.165, 1.54) is 0 Å². The maximum atomic E-state index is 4.90. The van der Waals surface area contributed by atoms with Crippen LogP contribution in [0.25, 0.3) is 0 Å². The summed E-state index contributed by atoms with van der Waals surface area (Å²) < 4.78 is 4.90. The Morgan fingerprint density at radius 1 is 1.70 bits per heavy atom. The first-order valence-electron chi connectivity index (χ1n) is 3.22. The summed E-state index contributed by atoms with van der Waals surface area (Å²) >= 11 is 1.57. The highest BCUT2D eigenvalue weighted by Gasteiger charge is 1.98. The molecule has 0 bridgehead atoms. The summed E-state index contributed by atoms with van der Waals surface area (Å²) in [4.78, 5) is 4.26. The van der Waals surface area contributed by atoms with Crippen LogP contribution in [-0.2, 0) is 17.8 Å². The minimum Gasteiger partial charge on any atom is -0.378 e. The molecule has 0 saturated heterocycles. The summed E-state index contributed by atoms with van der Waals surface area (Å²) in [5.41, 5.74) is 0.921. The van der Waals surface area contributed by atoms with Crippen molar-refractivity contribution in [2.45, 2.75) is 20.0 Å². The van der Waals surface area contributed by atoms with Gasteiger partial charge < -0.3 is 4.74 Å². The normalized spacial score (nSPS) is 10.2. The van der Waals surface area contributed by atoms with Gasteiger partial charge in [0, 0.05) is 7.11 Å². The van der Waals surface area contributed by atoms with E-state index in [0.29, 0.717) is 6.61 Å². The predicted molar refractivity (Wildman–Crippen MR) is 41.0 cm³/mol. The molecule has 3 heteroatoms. The molecule has 1 aromatic rings. The first-order valence-corrected chi connectivity index (χ1v) is 4.03. The zero-order valence-corrected chi connectivity index (χ0v) is 6.99. The molecule has 2 nitrogen and oxygen atoms in total. The first kappa shape index (κ1) is 7.69. The Hall–Kier alpha value is -0.410. The number of aryl methyl sites for hydroxylation is 1. The second-order valence-corrected chi connectivity index (χ2v) is 2.82. The van der Waals surface area contributed by atoms with Gasteiger partial charge in [0.25, 0.3) is 0 Å². The van der Waals surface area contributed by atoms with Gasteiger partial charge in [0.1, 0.15) is 0 Å². The molecule has 55 valence electrons. The Kier molecular flexibility index (Phi) is 2.83. The molecule has 0 amide bonds. The average Bonchev–Trinajstić information content (AvgIpc) is 2.37. The molecule has 0 aromatic carbocycles. The zero-order valence-electron chi connectivity index (χ0n) is 6.18. The Labute approximate surface area is 64.9 Å². The van der Waals surface area contributed by atoms with Crippen molar-refractivity contribution in [3.8, 4) is 0 Å². The van der Waals surface area contributed by atoms with E-state index in [4.69, 9.17) is 4.74 Å². The van der Waals surface area contributed by atoms with E-state index in [1.807, 2.05) is 0 Å². The van der Waals surface area contributed by atoms with Crippen molar-refractivity contribution in [3.05, 3.63) is 16.1 Å². The molecule has 0 unspecified atom stereocenters. The highest BCUT2D eigenvalue weighted by atomic mass is 32.1. The van der Waals surface area contributed by atoms with Gasteiger partial charge >= 0.3 is 0 Å². The van der Waals surface area contributed by atoms with Gasteiger partial charge in [0.05, 0.1) is 22.7 Å². The van der Waals surface area contributed by atoms with Crippen LogP contribution in [0.4, 0.5) is 0 Å². The summed E-state index contributed by atoms with van der Waals surface area (Å²) in [7, 11) is 1.67. The van der Waals surface area contributed by atoms with Crippen molar-refractivity contribution in [3.63, 3.8) is 0 Å². The number of hydrogen-bond donors (Lipinski definition) is 0. The fraction of sp³-hybridized carbons (Fsp3) is 0.571. The van der Waals surface area contributed by atoms with Crippen LogP contribution >= 0.6 is 11.3 Å². The molecule has 0 N–H and O–H groups in total. The van der Waals surface area contributed by atoms with Gasteiger partial charge in [-0.1, -0.05) is 6.92 Å². The molecule has 0 aliphatic carbocycles. The molecule has 10 heavy (non-hydrogen) atoms. The third-order valence-electron chi connectivity index (χ3n) is 1.13. The highest BCUT2D eigenvalue weighted by molar-refractivity contribution is 7.09. The molecule has 1 radical (unpaired) electrons. The average molecular weight is 156 g/mol. The van der Waals surface area contributed by atoms with E-state index in [1.54, 1.807) is 18.4 Å². The van der Waals surface area contributed by atoms with Crippen LogP contribution < -0.4 is 0 Å². The lowest BCUT2D eigenvalue weighted by Crippen LogP contribution is -1.87.